The van der Waals surface area contributed by atoms with Crippen LogP contribution in [-0.2, 0) is 0 Å². The highest BCUT2D eigenvalue weighted by Crippen LogP contribution is 2.14. The van der Waals surface area contributed by atoms with Crippen LogP contribution in [0.5, 0.6) is 0 Å². The lowest BCUT2D eigenvalue weighted by molar-refractivity contribution is 0.0980. The zero-order valence-electron chi connectivity index (χ0n) is 12.1. The fourth-order valence-corrected chi connectivity index (χ4v) is 1.81. The number of carbonyl (C=O) groups is 2. The Kier molecular flexibility index (Phi) is 3.88. The second-order valence-electron chi connectivity index (χ2n) is 4.60. The van der Waals surface area contributed by atoms with E-state index in [4.69, 9.17) is 4.52 Å². The van der Waals surface area contributed by atoms with Crippen LogP contribution in [0.4, 0.5) is 5.69 Å². The van der Waals surface area contributed by atoms with Crippen molar-refractivity contribution in [3.8, 4) is 11.5 Å². The molecule has 3 aromatic rings. The number of anilines is 1. The molecule has 0 radical (unpaired) electrons. The predicted molar refractivity (Wildman–Crippen MR) is 79.7 cm³/mol. The van der Waals surface area contributed by atoms with Gasteiger partial charge in [-0.05, 0) is 31.2 Å². The zero-order valence-corrected chi connectivity index (χ0v) is 12.1. The van der Waals surface area contributed by atoms with Gasteiger partial charge in [0, 0.05) is 23.6 Å². The minimum Gasteiger partial charge on any atom is -0.328 e. The average molecular weight is 309 g/mol. The monoisotopic (exact) mass is 309 g/mol. The van der Waals surface area contributed by atoms with Crippen molar-refractivity contribution in [3.63, 3.8) is 0 Å². The topological polar surface area (TPSA) is 111 Å². The summed E-state index contributed by atoms with van der Waals surface area (Å²) >= 11 is 0. The Balaban J connectivity index is 1.74. The maximum atomic E-state index is 12.1. The van der Waals surface area contributed by atoms with Crippen LogP contribution in [0.2, 0.25) is 0 Å². The molecule has 0 spiro atoms. The first-order chi connectivity index (χ1) is 11.1. The number of hydrogen-bond donors (Lipinski definition) is 1. The van der Waals surface area contributed by atoms with Crippen LogP contribution in [0, 0.1) is 0 Å². The molecule has 2 heterocycles. The SMILES string of the molecule is CC(=O)c1ccc(NC(=O)c2nc(-c3cnccn3)no2)cc1. The van der Waals surface area contributed by atoms with Crippen molar-refractivity contribution >= 4 is 17.4 Å². The van der Waals surface area contributed by atoms with E-state index in [1.165, 1.54) is 25.5 Å². The Hall–Kier alpha value is -3.42. The largest absolute Gasteiger partial charge is 0.328 e. The van der Waals surface area contributed by atoms with Crippen LogP contribution in [-0.4, -0.2) is 31.8 Å². The summed E-state index contributed by atoms with van der Waals surface area (Å²) < 4.78 is 4.92. The summed E-state index contributed by atoms with van der Waals surface area (Å²) in [6.07, 6.45) is 4.47. The number of Topliss-reactive ketones (excluding diaryl/α,β-unsaturated/α-hetero) is 1. The molecule has 1 N–H and O–H groups in total. The molecule has 0 saturated heterocycles. The van der Waals surface area contributed by atoms with Gasteiger partial charge < -0.3 is 9.84 Å². The van der Waals surface area contributed by atoms with Crippen molar-refractivity contribution in [3.05, 3.63) is 54.3 Å². The van der Waals surface area contributed by atoms with Crippen molar-refractivity contribution in [2.75, 3.05) is 5.32 Å². The Morgan fingerprint density at radius 2 is 1.91 bits per heavy atom. The lowest BCUT2D eigenvalue weighted by atomic mass is 10.1. The van der Waals surface area contributed by atoms with Crippen molar-refractivity contribution in [2.24, 2.45) is 0 Å². The van der Waals surface area contributed by atoms with Crippen molar-refractivity contribution in [2.45, 2.75) is 6.92 Å². The molecule has 8 nitrogen and oxygen atoms in total. The van der Waals surface area contributed by atoms with E-state index in [0.717, 1.165) is 0 Å². The highest BCUT2D eigenvalue weighted by molar-refractivity contribution is 6.01. The minimum absolute atomic E-state index is 0.0478. The lowest BCUT2D eigenvalue weighted by Crippen LogP contribution is -2.12. The Labute approximate surface area is 130 Å². The van der Waals surface area contributed by atoms with Crippen LogP contribution < -0.4 is 5.32 Å². The molecule has 2 aromatic heterocycles. The quantitative estimate of drug-likeness (QED) is 0.733. The van der Waals surface area contributed by atoms with E-state index in [2.05, 4.69) is 25.4 Å². The minimum atomic E-state index is -0.553. The van der Waals surface area contributed by atoms with Gasteiger partial charge in [0.25, 0.3) is 0 Å². The number of carbonyl (C=O) groups excluding carboxylic acids is 2. The number of nitrogens with zero attached hydrogens (tertiary/aromatic N) is 4. The van der Waals surface area contributed by atoms with Gasteiger partial charge in [-0.15, -0.1) is 0 Å². The van der Waals surface area contributed by atoms with E-state index in [9.17, 15) is 9.59 Å². The van der Waals surface area contributed by atoms with Gasteiger partial charge in [0.1, 0.15) is 5.69 Å². The first-order valence-corrected chi connectivity index (χ1v) is 6.66. The third-order valence-corrected chi connectivity index (χ3v) is 2.96. The summed E-state index contributed by atoms with van der Waals surface area (Å²) in [5.41, 5.74) is 1.48. The van der Waals surface area contributed by atoms with Gasteiger partial charge in [0.05, 0.1) is 6.20 Å². The molecule has 0 aliphatic carbocycles. The smallest absolute Gasteiger partial charge is 0.316 e. The standard InChI is InChI=1S/C15H11N5O3/c1-9(21)10-2-4-11(5-3-10)18-14(22)15-19-13(20-23-15)12-8-16-6-7-17-12/h2-8H,1H3,(H,18,22). The summed E-state index contributed by atoms with van der Waals surface area (Å²) in [5.74, 6) is -0.618. The van der Waals surface area contributed by atoms with Gasteiger partial charge in [-0.2, -0.15) is 4.98 Å². The highest BCUT2D eigenvalue weighted by Gasteiger charge is 2.17. The molecular weight excluding hydrogens is 298 g/mol. The molecule has 8 heteroatoms. The number of ketones is 1. The Bertz CT molecular complexity index is 843. The number of nitrogens with one attached hydrogen (secondary N) is 1. The molecule has 23 heavy (non-hydrogen) atoms. The molecule has 0 unspecified atom stereocenters. The van der Waals surface area contributed by atoms with Crippen LogP contribution in [0.25, 0.3) is 11.5 Å². The summed E-state index contributed by atoms with van der Waals surface area (Å²) in [7, 11) is 0. The first kappa shape index (κ1) is 14.5. The first-order valence-electron chi connectivity index (χ1n) is 6.66. The van der Waals surface area contributed by atoms with Crippen LogP contribution in [0.3, 0.4) is 0 Å². The second kappa shape index (κ2) is 6.14. The predicted octanol–water partition coefficient (Wildman–Crippen LogP) is 1.98. The van der Waals surface area contributed by atoms with Gasteiger partial charge in [-0.25, -0.2) is 4.98 Å². The number of amides is 1. The molecule has 0 atom stereocenters. The number of hydrogen-bond acceptors (Lipinski definition) is 7. The molecule has 1 amide bonds. The number of rotatable bonds is 4. The van der Waals surface area contributed by atoms with E-state index < -0.39 is 5.91 Å². The van der Waals surface area contributed by atoms with Crippen molar-refractivity contribution in [1.82, 2.24) is 20.1 Å². The molecule has 114 valence electrons. The van der Waals surface area contributed by atoms with E-state index >= 15 is 0 Å². The number of aromatic nitrogens is 4. The van der Waals surface area contributed by atoms with Crippen LogP contribution >= 0.6 is 0 Å². The third-order valence-electron chi connectivity index (χ3n) is 2.96. The number of benzene rings is 1. The zero-order chi connectivity index (χ0) is 16.2. The van der Waals surface area contributed by atoms with Gasteiger partial charge in [0.2, 0.25) is 5.82 Å². The van der Waals surface area contributed by atoms with Crippen LogP contribution in [0.1, 0.15) is 28.0 Å². The highest BCUT2D eigenvalue weighted by atomic mass is 16.5. The molecule has 0 aliphatic rings. The maximum Gasteiger partial charge on any atom is 0.316 e. The maximum absolute atomic E-state index is 12.1. The van der Waals surface area contributed by atoms with Crippen molar-refractivity contribution in [1.29, 1.82) is 0 Å². The fourth-order valence-electron chi connectivity index (χ4n) is 1.81. The molecule has 0 aliphatic heterocycles. The van der Waals surface area contributed by atoms with E-state index in [1.807, 2.05) is 0 Å². The van der Waals surface area contributed by atoms with Crippen molar-refractivity contribution < 1.29 is 14.1 Å². The lowest BCUT2D eigenvalue weighted by Gasteiger charge is -2.02. The molecule has 1 aromatic carbocycles. The fraction of sp³-hybridized carbons (Fsp3) is 0.0667. The summed E-state index contributed by atoms with van der Waals surface area (Å²) in [5, 5.41) is 6.30. The molecule has 3 rings (SSSR count). The molecule has 0 saturated carbocycles. The van der Waals surface area contributed by atoms with Crippen LogP contribution in [0.15, 0.2) is 47.4 Å². The Morgan fingerprint density at radius 1 is 1.13 bits per heavy atom. The molecule has 0 fully saturated rings. The molecule has 0 bridgehead atoms. The van der Waals surface area contributed by atoms with Gasteiger partial charge in [-0.3, -0.25) is 14.6 Å². The van der Waals surface area contributed by atoms with Gasteiger partial charge >= 0.3 is 11.8 Å². The third kappa shape index (κ3) is 3.26. The average Bonchev–Trinajstić information content (AvgIpc) is 3.06. The summed E-state index contributed by atoms with van der Waals surface area (Å²) in [4.78, 5) is 35.2. The van der Waals surface area contributed by atoms with Gasteiger partial charge in [-0.1, -0.05) is 5.16 Å². The normalized spacial score (nSPS) is 10.3. The van der Waals surface area contributed by atoms with Gasteiger partial charge in [0.15, 0.2) is 5.78 Å². The summed E-state index contributed by atoms with van der Waals surface area (Å²) in [6, 6.07) is 6.48. The molecular formula is C15H11N5O3. The summed E-state index contributed by atoms with van der Waals surface area (Å²) in [6.45, 7) is 1.47. The van der Waals surface area contributed by atoms with E-state index in [-0.39, 0.29) is 17.5 Å². The second-order valence-corrected chi connectivity index (χ2v) is 4.60. The van der Waals surface area contributed by atoms with E-state index in [1.54, 1.807) is 24.3 Å². The Morgan fingerprint density at radius 3 is 2.57 bits per heavy atom. The van der Waals surface area contributed by atoms with E-state index in [0.29, 0.717) is 16.9 Å².